The molecule has 55 heavy (non-hydrogen) atoms. The van der Waals surface area contributed by atoms with Crippen LogP contribution in [0.1, 0.15) is 5.56 Å². The summed E-state index contributed by atoms with van der Waals surface area (Å²) >= 11 is 0. The summed E-state index contributed by atoms with van der Waals surface area (Å²) in [6, 6.07) is 68.5. The SMILES string of the molecule is N=C(/C=C\Nn1c2ccccc2c2cc(-c3ccc4c(c3)c3ccccc3n4-c3ccccc3)ccc21)c1ccc(-c2cccc(-c3ccccc3)c2)cc1. The predicted molar refractivity (Wildman–Crippen MR) is 232 cm³/mol. The second-order valence-corrected chi connectivity index (χ2v) is 13.9. The molecule has 2 N–H and O–H groups in total. The van der Waals surface area contributed by atoms with Gasteiger partial charge in [-0.2, -0.15) is 0 Å². The highest BCUT2D eigenvalue weighted by Gasteiger charge is 2.15. The van der Waals surface area contributed by atoms with Gasteiger partial charge in [-0.3, -0.25) is 4.68 Å². The van der Waals surface area contributed by atoms with E-state index in [0.717, 1.165) is 33.4 Å². The molecule has 0 bridgehead atoms. The Kier molecular flexibility index (Phi) is 7.93. The molecule has 260 valence electrons. The average molecular weight is 705 g/mol. The van der Waals surface area contributed by atoms with Gasteiger partial charge in [-0.15, -0.1) is 0 Å². The van der Waals surface area contributed by atoms with Gasteiger partial charge in [0, 0.05) is 33.4 Å². The molecule has 4 nitrogen and oxygen atoms in total. The van der Waals surface area contributed by atoms with Crippen molar-refractivity contribution >= 4 is 49.3 Å². The lowest BCUT2D eigenvalue weighted by Gasteiger charge is -2.09. The molecule has 0 saturated heterocycles. The molecule has 0 radical (unpaired) electrons. The van der Waals surface area contributed by atoms with Crippen molar-refractivity contribution in [2.24, 2.45) is 0 Å². The number of hydrogen-bond donors (Lipinski definition) is 2. The van der Waals surface area contributed by atoms with Crippen LogP contribution < -0.4 is 5.43 Å². The van der Waals surface area contributed by atoms with Gasteiger partial charge in [0.1, 0.15) is 0 Å². The van der Waals surface area contributed by atoms with Crippen LogP contribution in [0.5, 0.6) is 0 Å². The fraction of sp³-hybridized carbons (Fsp3) is 0. The van der Waals surface area contributed by atoms with Crippen LogP contribution in [-0.4, -0.2) is 15.0 Å². The minimum atomic E-state index is 0.434. The van der Waals surface area contributed by atoms with Gasteiger partial charge in [0.05, 0.1) is 27.8 Å². The molecule has 0 amide bonds. The zero-order valence-corrected chi connectivity index (χ0v) is 30.0. The number of para-hydroxylation sites is 3. The van der Waals surface area contributed by atoms with Crippen molar-refractivity contribution in [2.45, 2.75) is 0 Å². The van der Waals surface area contributed by atoms with E-state index < -0.39 is 0 Å². The largest absolute Gasteiger partial charge is 0.309 e. The molecule has 2 aromatic heterocycles. The van der Waals surface area contributed by atoms with Gasteiger partial charge in [-0.05, 0) is 99.6 Å². The summed E-state index contributed by atoms with van der Waals surface area (Å²) in [6.45, 7) is 0. The standard InChI is InChI=1S/C51H36N4/c52-47(37-24-22-36(23-25-37)39-15-11-14-38(32-39)35-12-3-1-4-13-35)30-31-53-55-50-21-10-8-19-44(50)46-34-41(27-29-51(46)55)40-26-28-49-45(33-40)43-18-7-9-20-48(43)54(49)42-16-5-2-6-17-42/h1-34,52-53H/b31-30-,52-47?. The van der Waals surface area contributed by atoms with Crippen LogP contribution in [0.15, 0.2) is 206 Å². The molecule has 0 aliphatic rings. The molecule has 0 aliphatic heterocycles. The molecule has 8 aromatic carbocycles. The third kappa shape index (κ3) is 5.77. The highest BCUT2D eigenvalue weighted by Crippen LogP contribution is 2.37. The molecule has 0 aliphatic carbocycles. The van der Waals surface area contributed by atoms with Crippen LogP contribution >= 0.6 is 0 Å². The topological polar surface area (TPSA) is 45.7 Å². The molecule has 0 unspecified atom stereocenters. The second-order valence-electron chi connectivity index (χ2n) is 13.9. The van der Waals surface area contributed by atoms with E-state index in [-0.39, 0.29) is 0 Å². The number of fused-ring (bicyclic) bond motifs is 6. The number of nitrogens with zero attached hydrogens (tertiary/aromatic N) is 2. The molecule has 4 heteroatoms. The molecular formula is C51H36N4. The Bertz CT molecular complexity index is 3060. The third-order valence-electron chi connectivity index (χ3n) is 10.6. The molecule has 0 atom stereocenters. The van der Waals surface area contributed by atoms with E-state index in [2.05, 4.69) is 191 Å². The van der Waals surface area contributed by atoms with E-state index in [1.165, 1.54) is 54.8 Å². The predicted octanol–water partition coefficient (Wildman–Crippen LogP) is 13.0. The first-order chi connectivity index (χ1) is 27.2. The number of hydrogen-bond acceptors (Lipinski definition) is 2. The maximum atomic E-state index is 8.85. The quantitative estimate of drug-likeness (QED) is 0.152. The molecule has 10 aromatic rings. The van der Waals surface area contributed by atoms with E-state index in [4.69, 9.17) is 5.41 Å². The van der Waals surface area contributed by atoms with E-state index in [1.807, 2.05) is 30.5 Å². The summed E-state index contributed by atoms with van der Waals surface area (Å²) in [5.74, 6) is 0. The minimum Gasteiger partial charge on any atom is -0.309 e. The van der Waals surface area contributed by atoms with Crippen LogP contribution in [-0.2, 0) is 0 Å². The van der Waals surface area contributed by atoms with Crippen LogP contribution in [0.2, 0.25) is 0 Å². The van der Waals surface area contributed by atoms with E-state index in [9.17, 15) is 0 Å². The zero-order chi connectivity index (χ0) is 36.7. The smallest absolute Gasteiger partial charge is 0.0710 e. The number of aromatic nitrogens is 2. The Balaban J connectivity index is 0.934. The van der Waals surface area contributed by atoms with Gasteiger partial charge in [0.2, 0.25) is 0 Å². The maximum Gasteiger partial charge on any atom is 0.0710 e. The van der Waals surface area contributed by atoms with Gasteiger partial charge < -0.3 is 15.4 Å². The number of benzene rings is 8. The summed E-state index contributed by atoms with van der Waals surface area (Å²) in [4.78, 5) is 0. The first kappa shape index (κ1) is 32.2. The van der Waals surface area contributed by atoms with Crippen molar-refractivity contribution in [1.82, 2.24) is 9.24 Å². The van der Waals surface area contributed by atoms with Gasteiger partial charge in [-0.1, -0.05) is 140 Å². The monoisotopic (exact) mass is 704 g/mol. The molecule has 10 rings (SSSR count). The van der Waals surface area contributed by atoms with Gasteiger partial charge in [-0.25, -0.2) is 0 Å². The van der Waals surface area contributed by atoms with E-state index >= 15 is 0 Å². The Hall–Kier alpha value is -7.43. The van der Waals surface area contributed by atoms with Crippen molar-refractivity contribution in [2.75, 3.05) is 5.43 Å². The number of allylic oxidation sites excluding steroid dienone is 1. The highest BCUT2D eigenvalue weighted by molar-refractivity contribution is 6.12. The maximum absolute atomic E-state index is 8.85. The fourth-order valence-electron chi connectivity index (χ4n) is 7.94. The summed E-state index contributed by atoms with van der Waals surface area (Å²) < 4.78 is 4.46. The van der Waals surface area contributed by atoms with Crippen LogP contribution in [0.4, 0.5) is 0 Å². The molecular weight excluding hydrogens is 669 g/mol. The van der Waals surface area contributed by atoms with Crippen LogP contribution in [0.25, 0.3) is 82.7 Å². The summed E-state index contributed by atoms with van der Waals surface area (Å²) in [5.41, 5.74) is 17.5. The van der Waals surface area contributed by atoms with Crippen molar-refractivity contribution in [3.8, 4) is 39.1 Å². The Morgan fingerprint density at radius 1 is 0.400 bits per heavy atom. The Labute approximate surface area is 319 Å². The summed E-state index contributed by atoms with van der Waals surface area (Å²) in [7, 11) is 0. The number of nitrogens with one attached hydrogen (secondary N) is 2. The Morgan fingerprint density at radius 3 is 1.58 bits per heavy atom. The van der Waals surface area contributed by atoms with Crippen molar-refractivity contribution in [3.63, 3.8) is 0 Å². The Morgan fingerprint density at radius 2 is 0.873 bits per heavy atom. The lowest BCUT2D eigenvalue weighted by molar-refractivity contribution is 1.05. The van der Waals surface area contributed by atoms with Gasteiger partial charge >= 0.3 is 0 Å². The van der Waals surface area contributed by atoms with Crippen molar-refractivity contribution in [3.05, 3.63) is 212 Å². The van der Waals surface area contributed by atoms with Crippen molar-refractivity contribution < 1.29 is 0 Å². The first-order valence-corrected chi connectivity index (χ1v) is 18.6. The van der Waals surface area contributed by atoms with Gasteiger partial charge in [0.15, 0.2) is 0 Å². The summed E-state index contributed by atoms with van der Waals surface area (Å²) in [5, 5.41) is 13.7. The zero-order valence-electron chi connectivity index (χ0n) is 30.0. The second kappa shape index (κ2) is 13.5. The molecule has 0 spiro atoms. The van der Waals surface area contributed by atoms with Gasteiger partial charge in [0.25, 0.3) is 0 Å². The number of rotatable bonds is 8. The highest BCUT2D eigenvalue weighted by atomic mass is 15.4. The lowest BCUT2D eigenvalue weighted by atomic mass is 9.98. The fourth-order valence-corrected chi connectivity index (χ4v) is 7.94. The lowest BCUT2D eigenvalue weighted by Crippen LogP contribution is -2.08. The average Bonchev–Trinajstić information content (AvgIpc) is 3.76. The molecule has 0 fully saturated rings. The minimum absolute atomic E-state index is 0.434. The molecule has 2 heterocycles. The van der Waals surface area contributed by atoms with Crippen LogP contribution in [0.3, 0.4) is 0 Å². The van der Waals surface area contributed by atoms with Crippen LogP contribution in [0, 0.1) is 5.41 Å². The van der Waals surface area contributed by atoms with E-state index in [0.29, 0.717) is 5.71 Å². The van der Waals surface area contributed by atoms with E-state index in [1.54, 1.807) is 0 Å². The normalized spacial score (nSPS) is 11.6. The first-order valence-electron chi connectivity index (χ1n) is 18.6. The molecule has 0 saturated carbocycles. The summed E-state index contributed by atoms with van der Waals surface area (Å²) in [6.07, 6.45) is 3.68. The third-order valence-corrected chi connectivity index (χ3v) is 10.6. The van der Waals surface area contributed by atoms with Crippen molar-refractivity contribution in [1.29, 1.82) is 5.41 Å².